The number of allylic oxidation sites excluding steroid dienone is 2. The minimum Gasteiger partial charge on any atom is -0.481 e. The minimum absolute atomic E-state index is 0.0186. The number of carbonyl (C=O) groups is 3. The average molecular weight is 793 g/mol. The molecule has 5 aliphatic carbocycles. The molecule has 2 heterocycles. The summed E-state index contributed by atoms with van der Waals surface area (Å²) in [5.41, 5.74) is 1.52. The topological polar surface area (TPSA) is 132 Å². The van der Waals surface area contributed by atoms with Crippen LogP contribution in [-0.2, 0) is 25.5 Å². The number of carbonyl (C=O) groups excluding carboxylic acids is 2. The van der Waals surface area contributed by atoms with Crippen molar-refractivity contribution < 1.29 is 28.6 Å². The van der Waals surface area contributed by atoms with Crippen LogP contribution in [0.25, 0.3) is 11.6 Å². The molecule has 2 aromatic heterocycles. The van der Waals surface area contributed by atoms with Crippen LogP contribution < -0.4 is 0 Å². The molecule has 8 atom stereocenters. The standard InChI is InChI=1S/C43H58BrN3O6/c1-24(2)34-28(48)20-43(21-32-46-47-36(53-32)27-12-10-25(44)23-45-27)19-18-41(8)26(35(34)43)11-13-30-40(7)16-15-31(52-33(49)22-38(3,4)37(50)51)39(5,6)29(40)14-17-42(30,41)9/h10,12,23-24,26,29-31H,11,13-22H2,1-9H3,(H,50,51)/t26-,29+,30-,31+,40+,41-,42-,43+/m1/s1. The Morgan fingerprint density at radius 2 is 1.72 bits per heavy atom. The van der Waals surface area contributed by atoms with Gasteiger partial charge in [0.25, 0.3) is 5.89 Å². The molecule has 288 valence electrons. The van der Waals surface area contributed by atoms with E-state index in [0.29, 0.717) is 48.1 Å². The van der Waals surface area contributed by atoms with Gasteiger partial charge in [-0.05, 0) is 139 Å². The molecule has 0 radical (unpaired) electrons. The summed E-state index contributed by atoms with van der Waals surface area (Å²) in [6.07, 6.45) is 10.5. The van der Waals surface area contributed by atoms with Crippen LogP contribution in [-0.4, -0.2) is 44.1 Å². The van der Waals surface area contributed by atoms with Crippen molar-refractivity contribution in [3.05, 3.63) is 39.8 Å². The van der Waals surface area contributed by atoms with Gasteiger partial charge in [0.15, 0.2) is 5.78 Å². The number of esters is 1. The van der Waals surface area contributed by atoms with Crippen LogP contribution in [0.4, 0.5) is 0 Å². The van der Waals surface area contributed by atoms with Crippen LogP contribution in [0.1, 0.15) is 132 Å². The average Bonchev–Trinajstić information content (AvgIpc) is 3.64. The lowest BCUT2D eigenvalue weighted by molar-refractivity contribution is -0.233. The predicted molar refractivity (Wildman–Crippen MR) is 204 cm³/mol. The Labute approximate surface area is 323 Å². The largest absolute Gasteiger partial charge is 0.481 e. The Kier molecular flexibility index (Phi) is 9.30. The number of nitrogens with zero attached hydrogens (tertiary/aromatic N) is 3. The molecule has 4 saturated carbocycles. The maximum Gasteiger partial charge on any atom is 0.309 e. The molecule has 0 saturated heterocycles. The molecule has 0 unspecified atom stereocenters. The number of ketones is 1. The number of hydrogen-bond acceptors (Lipinski definition) is 8. The second-order valence-electron chi connectivity index (χ2n) is 19.7. The number of pyridine rings is 1. The molecule has 0 spiro atoms. The van der Waals surface area contributed by atoms with Crippen molar-refractivity contribution in [1.29, 1.82) is 0 Å². The van der Waals surface area contributed by atoms with Crippen molar-refractivity contribution >= 4 is 33.7 Å². The highest BCUT2D eigenvalue weighted by Gasteiger charge is 2.70. The monoisotopic (exact) mass is 791 g/mol. The van der Waals surface area contributed by atoms with Gasteiger partial charge in [-0.2, -0.15) is 0 Å². The molecule has 53 heavy (non-hydrogen) atoms. The van der Waals surface area contributed by atoms with E-state index in [-0.39, 0.29) is 51.3 Å². The maximum absolute atomic E-state index is 14.1. The van der Waals surface area contributed by atoms with Gasteiger partial charge >= 0.3 is 11.9 Å². The Morgan fingerprint density at radius 3 is 2.38 bits per heavy atom. The zero-order valence-electron chi connectivity index (χ0n) is 33.1. The number of rotatable bonds is 8. The highest BCUT2D eigenvalue weighted by atomic mass is 79.9. The van der Waals surface area contributed by atoms with Crippen LogP contribution in [0.2, 0.25) is 0 Å². The molecule has 1 N–H and O–H groups in total. The molecule has 5 aliphatic rings. The van der Waals surface area contributed by atoms with E-state index >= 15 is 0 Å². The molecule has 9 nitrogen and oxygen atoms in total. The quantitative estimate of drug-likeness (QED) is 0.260. The van der Waals surface area contributed by atoms with Crippen molar-refractivity contribution in [1.82, 2.24) is 15.2 Å². The predicted octanol–water partition coefficient (Wildman–Crippen LogP) is 9.83. The van der Waals surface area contributed by atoms with Gasteiger partial charge in [0.1, 0.15) is 11.8 Å². The summed E-state index contributed by atoms with van der Waals surface area (Å²) >= 11 is 3.45. The Bertz CT molecular complexity index is 1850. The smallest absolute Gasteiger partial charge is 0.309 e. The molecule has 0 aliphatic heterocycles. The van der Waals surface area contributed by atoms with Crippen molar-refractivity contribution in [3.63, 3.8) is 0 Å². The number of fused-ring (bicyclic) bond motifs is 7. The van der Waals surface area contributed by atoms with E-state index in [4.69, 9.17) is 9.15 Å². The number of aliphatic carboxylic acids is 1. The van der Waals surface area contributed by atoms with E-state index in [1.165, 1.54) is 5.57 Å². The fourth-order valence-corrected chi connectivity index (χ4v) is 13.2. The Hall–Kier alpha value is -2.88. The first-order valence-electron chi connectivity index (χ1n) is 19.8. The van der Waals surface area contributed by atoms with E-state index in [9.17, 15) is 19.5 Å². The van der Waals surface area contributed by atoms with E-state index < -0.39 is 17.4 Å². The van der Waals surface area contributed by atoms with Crippen LogP contribution >= 0.6 is 15.9 Å². The number of carboxylic acid groups (broad SMARTS) is 1. The third-order valence-corrected chi connectivity index (χ3v) is 16.3. The second-order valence-corrected chi connectivity index (χ2v) is 20.6. The normalized spacial score (nSPS) is 36.4. The van der Waals surface area contributed by atoms with Gasteiger partial charge in [0.2, 0.25) is 5.89 Å². The molecule has 0 bridgehead atoms. The summed E-state index contributed by atoms with van der Waals surface area (Å²) in [7, 11) is 0. The van der Waals surface area contributed by atoms with E-state index in [0.717, 1.165) is 61.4 Å². The maximum atomic E-state index is 14.1. The van der Waals surface area contributed by atoms with Crippen LogP contribution in [0.3, 0.4) is 0 Å². The van der Waals surface area contributed by atoms with E-state index in [2.05, 4.69) is 79.6 Å². The van der Waals surface area contributed by atoms with E-state index in [1.54, 1.807) is 20.0 Å². The highest BCUT2D eigenvalue weighted by molar-refractivity contribution is 9.10. The first-order chi connectivity index (χ1) is 24.7. The SMILES string of the molecule is CC(C)C1=C2[C@H]3CC[C@@H]4[C@@]5(C)CC[C@H](OC(=O)CC(C)(C)C(=O)O)C(C)(C)[C@@H]5CC[C@@]4(C)[C@]3(C)CC[C@@]2(Cc2nnc(-c3ccc(Br)cn3)o2)CC1=O. The summed E-state index contributed by atoms with van der Waals surface area (Å²) in [6, 6.07) is 3.78. The number of aromatic nitrogens is 3. The molecule has 7 rings (SSSR count). The number of Topliss-reactive ketones (excluding diaryl/α,β-unsaturated/α-hetero) is 1. The zero-order valence-corrected chi connectivity index (χ0v) is 34.7. The number of halogens is 1. The fourth-order valence-electron chi connectivity index (χ4n) is 13.0. The van der Waals surface area contributed by atoms with E-state index in [1.807, 2.05) is 12.1 Å². The summed E-state index contributed by atoms with van der Waals surface area (Å²) in [5, 5.41) is 18.5. The fraction of sp³-hybridized carbons (Fsp3) is 0.721. The first-order valence-corrected chi connectivity index (χ1v) is 20.6. The molecule has 0 aromatic carbocycles. The van der Waals surface area contributed by atoms with Gasteiger partial charge in [-0.25, -0.2) is 4.98 Å². The van der Waals surface area contributed by atoms with Gasteiger partial charge in [0.05, 0.1) is 11.8 Å². The Morgan fingerprint density at radius 1 is 0.981 bits per heavy atom. The zero-order chi connectivity index (χ0) is 38.5. The van der Waals surface area contributed by atoms with Gasteiger partial charge in [-0.3, -0.25) is 14.4 Å². The lowest BCUT2D eigenvalue weighted by Gasteiger charge is -2.72. The lowest BCUT2D eigenvalue weighted by Crippen LogP contribution is -2.65. The number of hydrogen-bond donors (Lipinski definition) is 1. The van der Waals surface area contributed by atoms with Gasteiger partial charge in [0, 0.05) is 34.3 Å². The van der Waals surface area contributed by atoms with Crippen molar-refractivity contribution in [2.45, 2.75) is 139 Å². The molecule has 0 amide bonds. The number of carboxylic acids is 1. The highest BCUT2D eigenvalue weighted by Crippen LogP contribution is 2.77. The van der Waals surface area contributed by atoms with Crippen molar-refractivity contribution in [2.75, 3.05) is 0 Å². The van der Waals surface area contributed by atoms with Gasteiger partial charge in [-0.1, -0.05) is 54.0 Å². The minimum atomic E-state index is -1.16. The third-order valence-electron chi connectivity index (χ3n) is 15.9. The second kappa shape index (κ2) is 12.8. The summed E-state index contributed by atoms with van der Waals surface area (Å²) in [6.45, 7) is 19.7. The Balaban J connectivity index is 1.17. The first kappa shape index (κ1) is 38.4. The van der Waals surface area contributed by atoms with Crippen LogP contribution in [0.15, 0.2) is 38.4 Å². The van der Waals surface area contributed by atoms with Gasteiger partial charge < -0.3 is 14.3 Å². The van der Waals surface area contributed by atoms with Crippen molar-refractivity contribution in [2.24, 2.45) is 56.2 Å². The molecular formula is C43H58BrN3O6. The molecule has 2 aromatic rings. The molecular weight excluding hydrogens is 734 g/mol. The van der Waals surface area contributed by atoms with Crippen molar-refractivity contribution in [3.8, 4) is 11.6 Å². The van der Waals surface area contributed by atoms with Gasteiger partial charge in [-0.15, -0.1) is 10.2 Å². The third kappa shape index (κ3) is 5.89. The summed E-state index contributed by atoms with van der Waals surface area (Å²) in [5.74, 6) is 1.18. The summed E-state index contributed by atoms with van der Waals surface area (Å²) < 4.78 is 13.3. The summed E-state index contributed by atoms with van der Waals surface area (Å²) in [4.78, 5) is 43.4. The molecule has 4 fully saturated rings. The number of ether oxygens (including phenoxy) is 1. The van der Waals surface area contributed by atoms with Crippen LogP contribution in [0.5, 0.6) is 0 Å². The molecule has 10 heteroatoms. The van der Waals surface area contributed by atoms with Crippen LogP contribution in [0, 0.1) is 56.2 Å². The lowest BCUT2D eigenvalue weighted by atomic mass is 9.33.